The van der Waals surface area contributed by atoms with Crippen LogP contribution in [-0.4, -0.2) is 17.1 Å². The highest BCUT2D eigenvalue weighted by Crippen LogP contribution is 2.68. The summed E-state index contributed by atoms with van der Waals surface area (Å²) in [7, 11) is 0. The number of carbonyl (C=O) groups is 1. The van der Waals surface area contributed by atoms with Crippen molar-refractivity contribution in [2.75, 3.05) is 0 Å². The van der Waals surface area contributed by atoms with Gasteiger partial charge < -0.3 is 5.11 Å². The van der Waals surface area contributed by atoms with E-state index in [1.54, 1.807) is 0 Å². The predicted octanol–water partition coefficient (Wildman–Crippen LogP) is 6.83. The summed E-state index contributed by atoms with van der Waals surface area (Å²) in [5, 5.41) is 13.2. The summed E-state index contributed by atoms with van der Waals surface area (Å²) in [5.41, 5.74) is 9.83. The highest BCUT2D eigenvalue weighted by molar-refractivity contribution is 5.67. The second-order valence-electron chi connectivity index (χ2n) is 11.4. The minimum absolute atomic E-state index is 0.0473. The molecule has 4 fully saturated rings. The molecule has 0 saturated heterocycles. The fourth-order valence-corrected chi connectivity index (χ4v) is 9.04. The van der Waals surface area contributed by atoms with Gasteiger partial charge in [-0.05, 0) is 103 Å². The first-order valence-corrected chi connectivity index (χ1v) is 12.1. The number of carboxylic acids is 1. The Morgan fingerprint density at radius 2 is 1.83 bits per heavy atom. The van der Waals surface area contributed by atoms with Gasteiger partial charge in [0.2, 0.25) is 0 Å². The molecule has 0 aliphatic heterocycles. The van der Waals surface area contributed by atoms with Gasteiger partial charge in [0.1, 0.15) is 0 Å². The fraction of sp³-hybridized carbons (Fsp3) is 0.958. The van der Waals surface area contributed by atoms with E-state index in [1.807, 2.05) is 0 Å². The minimum atomic E-state index is -0.860. The van der Waals surface area contributed by atoms with Gasteiger partial charge in [-0.15, -0.1) is 0 Å². The van der Waals surface area contributed by atoms with E-state index in [1.165, 1.54) is 64.2 Å². The average Bonchev–Trinajstić information content (AvgIpc) is 3.03. The second-order valence-corrected chi connectivity index (χ2v) is 11.4. The van der Waals surface area contributed by atoms with E-state index in [-0.39, 0.29) is 17.8 Å². The number of fused-ring (bicyclic) bond motifs is 5. The van der Waals surface area contributed by atoms with Crippen LogP contribution in [0.5, 0.6) is 0 Å². The number of hydrogen-bond acceptors (Lipinski definition) is 2. The number of carboxylic acid groups (broad SMARTS) is 1. The Hall–Kier alpha value is -1.22. The molecule has 0 bridgehead atoms. The molecule has 5 heteroatoms. The summed E-state index contributed by atoms with van der Waals surface area (Å²) in [6, 6.07) is -0.428. The average molecular weight is 402 g/mol. The first kappa shape index (κ1) is 21.0. The Bertz CT molecular complexity index is 690. The molecule has 0 aromatic heterocycles. The summed E-state index contributed by atoms with van der Waals surface area (Å²) in [4.78, 5) is 14.3. The lowest BCUT2D eigenvalue weighted by Crippen LogP contribution is -2.53. The van der Waals surface area contributed by atoms with E-state index in [2.05, 4.69) is 30.8 Å². The van der Waals surface area contributed by atoms with Crippen LogP contribution in [0.25, 0.3) is 10.4 Å². The monoisotopic (exact) mass is 401 g/mol. The number of aliphatic carboxylic acids is 1. The standard InChI is InChI=1S/C24H39N3O2/c1-15(21(26-27-25)14-22(28)29)18-9-10-19-17-8-7-16-6-4-5-12-23(16,2)20(17)11-13-24(18,19)3/h15-21H,4-14H2,1-3H3,(H,28,29)/t15-,16?,17-,18+,19-,20-,21?,23-,24+/m0/s1. The van der Waals surface area contributed by atoms with E-state index in [0.29, 0.717) is 11.3 Å². The van der Waals surface area contributed by atoms with Crippen LogP contribution in [0.2, 0.25) is 0 Å². The molecule has 5 nitrogen and oxygen atoms in total. The molecular formula is C24H39N3O2. The van der Waals surface area contributed by atoms with Gasteiger partial charge in [0, 0.05) is 4.91 Å². The maximum atomic E-state index is 11.3. The third-order valence-corrected chi connectivity index (χ3v) is 10.5. The van der Waals surface area contributed by atoms with Gasteiger partial charge in [0.15, 0.2) is 0 Å². The molecule has 0 aromatic rings. The second kappa shape index (κ2) is 7.80. The zero-order chi connectivity index (χ0) is 20.8. The predicted molar refractivity (Wildman–Crippen MR) is 114 cm³/mol. The van der Waals surface area contributed by atoms with Gasteiger partial charge in [-0.1, -0.05) is 38.7 Å². The van der Waals surface area contributed by atoms with E-state index in [9.17, 15) is 9.90 Å². The van der Waals surface area contributed by atoms with Crippen molar-refractivity contribution in [3.8, 4) is 0 Å². The molecule has 0 amide bonds. The van der Waals surface area contributed by atoms with Gasteiger partial charge in [-0.25, -0.2) is 0 Å². The van der Waals surface area contributed by atoms with Gasteiger partial charge in [0.25, 0.3) is 0 Å². The SMILES string of the molecule is C[C@H](C(CC(=O)O)N=[N+]=[N-])[C@H]1CC[C@H]2[C@@H]3CCC4CCCC[C@]4(C)[C@H]3CC[C@]12C. The van der Waals surface area contributed by atoms with Crippen molar-refractivity contribution >= 4 is 5.97 Å². The number of nitrogens with zero attached hydrogens (tertiary/aromatic N) is 3. The molecule has 4 saturated carbocycles. The third-order valence-electron chi connectivity index (χ3n) is 10.5. The van der Waals surface area contributed by atoms with Crippen molar-refractivity contribution < 1.29 is 9.90 Å². The van der Waals surface area contributed by atoms with Crippen LogP contribution in [0, 0.1) is 46.3 Å². The molecule has 0 aromatic carbocycles. The van der Waals surface area contributed by atoms with E-state index in [0.717, 1.165) is 23.7 Å². The van der Waals surface area contributed by atoms with E-state index >= 15 is 0 Å². The first-order chi connectivity index (χ1) is 13.8. The van der Waals surface area contributed by atoms with Crippen LogP contribution >= 0.6 is 0 Å². The van der Waals surface area contributed by atoms with Gasteiger partial charge in [-0.3, -0.25) is 4.79 Å². The maximum absolute atomic E-state index is 11.3. The van der Waals surface area contributed by atoms with Crippen molar-refractivity contribution in [2.45, 2.75) is 97.4 Å². The van der Waals surface area contributed by atoms with Crippen LogP contribution in [0.4, 0.5) is 0 Å². The lowest BCUT2D eigenvalue weighted by atomic mass is 9.44. The van der Waals surface area contributed by atoms with Crippen LogP contribution < -0.4 is 0 Å². The Morgan fingerprint density at radius 3 is 2.55 bits per heavy atom. The third kappa shape index (κ3) is 3.38. The van der Waals surface area contributed by atoms with Crippen molar-refractivity contribution in [3.63, 3.8) is 0 Å². The molecular weight excluding hydrogens is 362 g/mol. The van der Waals surface area contributed by atoms with E-state index < -0.39 is 12.0 Å². The molecule has 2 unspecified atom stereocenters. The first-order valence-electron chi connectivity index (χ1n) is 12.1. The molecule has 4 aliphatic rings. The van der Waals surface area contributed by atoms with Gasteiger partial charge in [0.05, 0.1) is 12.5 Å². The largest absolute Gasteiger partial charge is 0.481 e. The zero-order valence-electron chi connectivity index (χ0n) is 18.5. The molecule has 0 heterocycles. The van der Waals surface area contributed by atoms with Crippen LogP contribution in [0.15, 0.2) is 5.11 Å². The Labute approximate surface area is 175 Å². The molecule has 1 N–H and O–H groups in total. The van der Waals surface area contributed by atoms with Crippen molar-refractivity contribution in [2.24, 2.45) is 51.5 Å². The fourth-order valence-electron chi connectivity index (χ4n) is 9.04. The Kier molecular flexibility index (Phi) is 5.65. The molecule has 29 heavy (non-hydrogen) atoms. The smallest absolute Gasteiger partial charge is 0.303 e. The van der Waals surface area contributed by atoms with Gasteiger partial charge in [-0.2, -0.15) is 0 Å². The highest BCUT2D eigenvalue weighted by atomic mass is 16.4. The number of azide groups is 1. The number of hydrogen-bond donors (Lipinski definition) is 1. The van der Waals surface area contributed by atoms with E-state index in [4.69, 9.17) is 5.53 Å². The molecule has 0 spiro atoms. The van der Waals surface area contributed by atoms with Crippen LogP contribution in [0.3, 0.4) is 0 Å². The van der Waals surface area contributed by atoms with Crippen molar-refractivity contribution in [1.82, 2.24) is 0 Å². The normalized spacial score (nSPS) is 45.8. The molecule has 4 aliphatic carbocycles. The van der Waals surface area contributed by atoms with Crippen LogP contribution in [0.1, 0.15) is 91.4 Å². The topological polar surface area (TPSA) is 86.1 Å². The minimum Gasteiger partial charge on any atom is -0.481 e. The molecule has 4 rings (SSSR count). The molecule has 9 atom stereocenters. The van der Waals surface area contributed by atoms with Gasteiger partial charge >= 0.3 is 5.97 Å². The maximum Gasteiger partial charge on any atom is 0.303 e. The lowest BCUT2D eigenvalue weighted by Gasteiger charge is -2.61. The summed E-state index contributed by atoms with van der Waals surface area (Å²) < 4.78 is 0. The molecule has 162 valence electrons. The highest BCUT2D eigenvalue weighted by Gasteiger charge is 2.60. The molecule has 0 radical (unpaired) electrons. The summed E-state index contributed by atoms with van der Waals surface area (Å²) in [6.07, 6.45) is 13.6. The Balaban J connectivity index is 1.56. The lowest BCUT2D eigenvalue weighted by molar-refractivity contribution is -0.138. The van der Waals surface area contributed by atoms with Crippen LogP contribution in [-0.2, 0) is 4.79 Å². The zero-order valence-corrected chi connectivity index (χ0v) is 18.5. The Morgan fingerprint density at radius 1 is 1.07 bits per heavy atom. The summed E-state index contributed by atoms with van der Waals surface area (Å²) in [6.45, 7) is 7.26. The summed E-state index contributed by atoms with van der Waals surface area (Å²) in [5.74, 6) is 3.20. The summed E-state index contributed by atoms with van der Waals surface area (Å²) >= 11 is 0. The van der Waals surface area contributed by atoms with Crippen molar-refractivity contribution in [3.05, 3.63) is 10.4 Å². The van der Waals surface area contributed by atoms with Crippen molar-refractivity contribution in [1.29, 1.82) is 0 Å². The number of rotatable bonds is 5. The quantitative estimate of drug-likeness (QED) is 0.311.